The molecule has 0 saturated carbocycles. The van der Waals surface area contributed by atoms with E-state index in [2.05, 4.69) is 4.98 Å². The van der Waals surface area contributed by atoms with Crippen LogP contribution in [-0.2, 0) is 0 Å². The van der Waals surface area contributed by atoms with E-state index in [9.17, 15) is 0 Å². The molecule has 2 heterocycles. The molecule has 0 amide bonds. The third-order valence-corrected chi connectivity index (χ3v) is 2.99. The van der Waals surface area contributed by atoms with Crippen molar-refractivity contribution in [2.75, 3.05) is 5.73 Å². The Kier molecular flexibility index (Phi) is 2.45. The van der Waals surface area contributed by atoms with Gasteiger partial charge in [-0.1, -0.05) is 12.1 Å². The summed E-state index contributed by atoms with van der Waals surface area (Å²) in [6.45, 7) is 2.02. The Morgan fingerprint density at radius 1 is 0.944 bits per heavy atom. The number of aromatic nitrogens is 2. The minimum atomic E-state index is 0.764. The Morgan fingerprint density at radius 2 is 1.72 bits per heavy atom. The topological polar surface area (TPSA) is 51.8 Å². The van der Waals surface area contributed by atoms with E-state index < -0.39 is 0 Å². The molecule has 0 radical (unpaired) electrons. The lowest BCUT2D eigenvalue weighted by Gasteiger charge is -2.05. The summed E-state index contributed by atoms with van der Waals surface area (Å²) >= 11 is 0. The quantitative estimate of drug-likeness (QED) is 0.659. The average Bonchev–Trinajstić information content (AvgIpc) is 2.40. The van der Waals surface area contributed by atoms with Crippen LogP contribution in [-0.4, -0.2) is 9.97 Å². The number of benzene rings is 1. The van der Waals surface area contributed by atoms with Crippen molar-refractivity contribution in [2.45, 2.75) is 6.92 Å². The van der Waals surface area contributed by atoms with Gasteiger partial charge in [-0.15, -0.1) is 0 Å². The molecule has 3 aromatic rings. The summed E-state index contributed by atoms with van der Waals surface area (Å²) in [5.41, 5.74) is 10.6. The Bertz CT molecular complexity index is 703. The Balaban J connectivity index is 2.18. The summed E-state index contributed by atoms with van der Waals surface area (Å²) in [6.07, 6.45) is 3.67. The van der Waals surface area contributed by atoms with Gasteiger partial charge in [-0.05, 0) is 36.8 Å². The lowest BCUT2D eigenvalue weighted by Crippen LogP contribution is -1.90. The van der Waals surface area contributed by atoms with Crippen molar-refractivity contribution in [3.63, 3.8) is 0 Å². The molecule has 0 saturated heterocycles. The van der Waals surface area contributed by atoms with E-state index in [0.717, 1.165) is 33.4 Å². The highest BCUT2D eigenvalue weighted by atomic mass is 14.7. The molecule has 18 heavy (non-hydrogen) atoms. The first kappa shape index (κ1) is 10.7. The van der Waals surface area contributed by atoms with Crippen molar-refractivity contribution in [3.05, 3.63) is 54.4 Å². The van der Waals surface area contributed by atoms with Crippen LogP contribution in [0.5, 0.6) is 0 Å². The Hall–Kier alpha value is -2.42. The molecule has 0 aliphatic carbocycles. The van der Waals surface area contributed by atoms with Gasteiger partial charge in [-0.3, -0.25) is 4.98 Å². The van der Waals surface area contributed by atoms with Crippen molar-refractivity contribution in [2.24, 2.45) is 0 Å². The van der Waals surface area contributed by atoms with Crippen molar-refractivity contribution >= 4 is 16.6 Å². The van der Waals surface area contributed by atoms with Gasteiger partial charge in [0.25, 0.3) is 0 Å². The lowest BCUT2D eigenvalue weighted by molar-refractivity contribution is 1.27. The van der Waals surface area contributed by atoms with E-state index in [0.29, 0.717) is 0 Å². The minimum Gasteiger partial charge on any atom is -0.399 e. The monoisotopic (exact) mass is 235 g/mol. The number of nitrogens with two attached hydrogens (primary N) is 1. The van der Waals surface area contributed by atoms with Crippen LogP contribution >= 0.6 is 0 Å². The smallest absolute Gasteiger partial charge is 0.0769 e. The first-order chi connectivity index (χ1) is 8.74. The number of rotatable bonds is 1. The second-order valence-electron chi connectivity index (χ2n) is 4.35. The summed E-state index contributed by atoms with van der Waals surface area (Å²) in [5.74, 6) is 0. The normalized spacial score (nSPS) is 10.7. The first-order valence-electron chi connectivity index (χ1n) is 5.81. The number of hydrogen-bond donors (Lipinski definition) is 1. The predicted octanol–water partition coefficient (Wildman–Crippen LogP) is 3.19. The number of fused-ring (bicyclic) bond motifs is 1. The maximum atomic E-state index is 5.69. The number of pyridine rings is 2. The zero-order valence-corrected chi connectivity index (χ0v) is 10.1. The van der Waals surface area contributed by atoms with Gasteiger partial charge in [0, 0.05) is 29.0 Å². The van der Waals surface area contributed by atoms with Crippen molar-refractivity contribution in [1.29, 1.82) is 0 Å². The van der Waals surface area contributed by atoms with Crippen molar-refractivity contribution in [1.82, 2.24) is 9.97 Å². The summed E-state index contributed by atoms with van der Waals surface area (Å²) in [4.78, 5) is 8.86. The van der Waals surface area contributed by atoms with Gasteiger partial charge in [-0.25, -0.2) is 4.98 Å². The van der Waals surface area contributed by atoms with Crippen LogP contribution < -0.4 is 5.73 Å². The Morgan fingerprint density at radius 3 is 2.50 bits per heavy atom. The van der Waals surface area contributed by atoms with Gasteiger partial charge in [0.2, 0.25) is 0 Å². The highest BCUT2D eigenvalue weighted by Gasteiger charge is 2.03. The molecule has 0 spiro atoms. The van der Waals surface area contributed by atoms with E-state index in [1.165, 1.54) is 0 Å². The molecule has 2 aromatic heterocycles. The van der Waals surface area contributed by atoms with E-state index in [-0.39, 0.29) is 0 Å². The molecule has 88 valence electrons. The molecule has 0 fully saturated rings. The molecule has 0 aliphatic heterocycles. The zero-order chi connectivity index (χ0) is 12.5. The molecule has 0 atom stereocenters. The van der Waals surface area contributed by atoms with E-state index in [4.69, 9.17) is 10.7 Å². The predicted molar refractivity (Wildman–Crippen MR) is 74.1 cm³/mol. The van der Waals surface area contributed by atoms with Crippen LogP contribution in [0.4, 0.5) is 5.69 Å². The molecular formula is C15H13N3. The van der Waals surface area contributed by atoms with E-state index in [1.807, 2.05) is 55.7 Å². The molecule has 0 bridgehead atoms. The third-order valence-electron chi connectivity index (χ3n) is 2.99. The first-order valence-corrected chi connectivity index (χ1v) is 5.81. The molecule has 0 aliphatic rings. The molecule has 3 rings (SSSR count). The van der Waals surface area contributed by atoms with Gasteiger partial charge in [0.1, 0.15) is 0 Å². The largest absolute Gasteiger partial charge is 0.399 e. The van der Waals surface area contributed by atoms with Gasteiger partial charge < -0.3 is 5.73 Å². The molecule has 1 aromatic carbocycles. The zero-order valence-electron chi connectivity index (χ0n) is 10.1. The number of aryl methyl sites for hydroxylation is 1. The second kappa shape index (κ2) is 4.11. The minimum absolute atomic E-state index is 0.764. The van der Waals surface area contributed by atoms with Gasteiger partial charge in [-0.2, -0.15) is 0 Å². The fraction of sp³-hybridized carbons (Fsp3) is 0.0667. The standard InChI is InChI=1S/C15H13N3/c1-10-8-17-9-12-4-7-14(18-15(10)12)11-2-5-13(16)6-3-11/h2-9H,16H2,1H3. The molecule has 0 unspecified atom stereocenters. The average molecular weight is 235 g/mol. The fourth-order valence-corrected chi connectivity index (χ4v) is 2.00. The molecular weight excluding hydrogens is 222 g/mol. The van der Waals surface area contributed by atoms with Crippen LogP contribution in [0.3, 0.4) is 0 Å². The number of anilines is 1. The number of nitrogens with zero attached hydrogens (tertiary/aromatic N) is 2. The third kappa shape index (κ3) is 1.80. The van der Waals surface area contributed by atoms with Gasteiger partial charge >= 0.3 is 0 Å². The summed E-state index contributed by atoms with van der Waals surface area (Å²) in [7, 11) is 0. The van der Waals surface area contributed by atoms with Gasteiger partial charge in [0.05, 0.1) is 11.2 Å². The highest BCUT2D eigenvalue weighted by Crippen LogP contribution is 2.22. The van der Waals surface area contributed by atoms with Crippen LogP contribution in [0.25, 0.3) is 22.2 Å². The summed E-state index contributed by atoms with van der Waals surface area (Å²) in [5, 5.41) is 1.06. The van der Waals surface area contributed by atoms with Crippen LogP contribution in [0.15, 0.2) is 48.8 Å². The SMILES string of the molecule is Cc1cncc2ccc(-c3ccc(N)cc3)nc12. The lowest BCUT2D eigenvalue weighted by atomic mass is 10.1. The second-order valence-corrected chi connectivity index (χ2v) is 4.35. The highest BCUT2D eigenvalue weighted by molar-refractivity contribution is 5.83. The molecule has 3 nitrogen and oxygen atoms in total. The Labute approximate surface area is 105 Å². The van der Waals surface area contributed by atoms with E-state index in [1.54, 1.807) is 0 Å². The van der Waals surface area contributed by atoms with Crippen LogP contribution in [0.1, 0.15) is 5.56 Å². The summed E-state index contributed by atoms with van der Waals surface area (Å²) in [6, 6.07) is 11.8. The molecule has 3 heteroatoms. The van der Waals surface area contributed by atoms with Gasteiger partial charge in [0.15, 0.2) is 0 Å². The van der Waals surface area contributed by atoms with Crippen molar-refractivity contribution in [3.8, 4) is 11.3 Å². The number of nitrogen functional groups attached to an aromatic ring is 1. The van der Waals surface area contributed by atoms with Crippen LogP contribution in [0, 0.1) is 6.92 Å². The number of hydrogen-bond acceptors (Lipinski definition) is 3. The maximum absolute atomic E-state index is 5.69. The maximum Gasteiger partial charge on any atom is 0.0769 e. The fourth-order valence-electron chi connectivity index (χ4n) is 2.00. The van der Waals surface area contributed by atoms with Crippen LogP contribution in [0.2, 0.25) is 0 Å². The van der Waals surface area contributed by atoms with Crippen molar-refractivity contribution < 1.29 is 0 Å². The molecule has 2 N–H and O–H groups in total. The van der Waals surface area contributed by atoms with E-state index >= 15 is 0 Å². The summed E-state index contributed by atoms with van der Waals surface area (Å²) < 4.78 is 0.